The van der Waals surface area contributed by atoms with Crippen molar-refractivity contribution in [1.29, 1.82) is 0 Å². The first-order chi connectivity index (χ1) is 10.2. The lowest BCUT2D eigenvalue weighted by Gasteiger charge is -2.10. The van der Waals surface area contributed by atoms with Crippen molar-refractivity contribution in [2.24, 2.45) is 0 Å². The van der Waals surface area contributed by atoms with E-state index in [1.807, 2.05) is 18.2 Å². The molecular weight excluding hydrogens is 266 g/mol. The summed E-state index contributed by atoms with van der Waals surface area (Å²) in [6, 6.07) is 11.0. The van der Waals surface area contributed by atoms with E-state index in [-0.39, 0.29) is 5.78 Å². The van der Waals surface area contributed by atoms with Crippen LogP contribution in [0.4, 0.5) is 5.69 Å². The molecule has 0 amide bonds. The Kier molecular flexibility index (Phi) is 3.52. The van der Waals surface area contributed by atoms with Gasteiger partial charge in [-0.15, -0.1) is 0 Å². The van der Waals surface area contributed by atoms with Crippen molar-refractivity contribution in [1.82, 2.24) is 0 Å². The van der Waals surface area contributed by atoms with E-state index in [0.717, 1.165) is 18.7 Å². The van der Waals surface area contributed by atoms with Crippen LogP contribution in [0.25, 0.3) is 0 Å². The molecule has 0 saturated carbocycles. The number of anilines is 1. The van der Waals surface area contributed by atoms with Gasteiger partial charge in [-0.2, -0.15) is 0 Å². The van der Waals surface area contributed by atoms with Gasteiger partial charge >= 0.3 is 0 Å². The molecule has 1 N–H and O–H groups in total. The van der Waals surface area contributed by atoms with Crippen LogP contribution in [0.15, 0.2) is 36.4 Å². The maximum Gasteiger partial charge on any atom is 0.196 e. The first kappa shape index (κ1) is 13.5. The highest BCUT2D eigenvalue weighted by Crippen LogP contribution is 2.29. The molecule has 4 heteroatoms. The van der Waals surface area contributed by atoms with Crippen molar-refractivity contribution in [3.8, 4) is 11.5 Å². The van der Waals surface area contributed by atoms with Crippen molar-refractivity contribution < 1.29 is 14.3 Å². The molecule has 0 aliphatic carbocycles. The fourth-order valence-electron chi connectivity index (χ4n) is 2.57. The van der Waals surface area contributed by atoms with Crippen molar-refractivity contribution in [2.75, 3.05) is 26.1 Å². The molecule has 2 aromatic rings. The highest BCUT2D eigenvalue weighted by Gasteiger charge is 2.18. The van der Waals surface area contributed by atoms with Crippen molar-refractivity contribution in [2.45, 2.75) is 6.42 Å². The van der Waals surface area contributed by atoms with Gasteiger partial charge < -0.3 is 14.8 Å². The van der Waals surface area contributed by atoms with Crippen LogP contribution in [-0.2, 0) is 6.42 Å². The number of ether oxygens (including phenoxy) is 2. The monoisotopic (exact) mass is 283 g/mol. The summed E-state index contributed by atoms with van der Waals surface area (Å²) in [6.45, 7) is 0.929. The fraction of sp³-hybridized carbons (Fsp3) is 0.235. The van der Waals surface area contributed by atoms with Gasteiger partial charge in [-0.3, -0.25) is 4.79 Å². The highest BCUT2D eigenvalue weighted by molar-refractivity contribution is 6.11. The zero-order chi connectivity index (χ0) is 14.8. The van der Waals surface area contributed by atoms with E-state index in [4.69, 9.17) is 9.47 Å². The average Bonchev–Trinajstić information content (AvgIpc) is 3.01. The Morgan fingerprint density at radius 1 is 1.10 bits per heavy atom. The summed E-state index contributed by atoms with van der Waals surface area (Å²) in [5, 5.41) is 3.29. The number of carbonyl (C=O) groups excluding carboxylic acids is 1. The fourth-order valence-corrected chi connectivity index (χ4v) is 2.57. The van der Waals surface area contributed by atoms with E-state index in [1.165, 1.54) is 5.56 Å². The van der Waals surface area contributed by atoms with Crippen LogP contribution < -0.4 is 14.8 Å². The largest absolute Gasteiger partial charge is 0.497 e. The van der Waals surface area contributed by atoms with Crippen LogP contribution in [0.2, 0.25) is 0 Å². The molecular formula is C17H17NO3. The van der Waals surface area contributed by atoms with Crippen molar-refractivity contribution in [3.63, 3.8) is 0 Å². The molecule has 108 valence electrons. The topological polar surface area (TPSA) is 47.6 Å². The van der Waals surface area contributed by atoms with Gasteiger partial charge in [0.05, 0.1) is 19.8 Å². The summed E-state index contributed by atoms with van der Waals surface area (Å²) in [4.78, 5) is 12.7. The molecule has 1 aliphatic heterocycles. The third-order valence-electron chi connectivity index (χ3n) is 3.74. The number of nitrogens with one attached hydrogen (secondary N) is 1. The smallest absolute Gasteiger partial charge is 0.196 e. The second-order valence-corrected chi connectivity index (χ2v) is 4.94. The number of rotatable bonds is 4. The lowest BCUT2D eigenvalue weighted by atomic mass is 10.00. The molecule has 3 rings (SSSR count). The number of ketones is 1. The van der Waals surface area contributed by atoms with Crippen LogP contribution in [-0.4, -0.2) is 26.5 Å². The molecule has 1 heterocycles. The Hall–Kier alpha value is -2.49. The standard InChI is InChI=1S/C17H17NO3/c1-20-13-5-6-14(16(10-13)21-2)17(19)12-4-3-11-7-8-18-15(11)9-12/h3-6,9-10,18H,7-8H2,1-2H3. The van der Waals surface area contributed by atoms with Gasteiger partial charge in [0.15, 0.2) is 5.78 Å². The lowest BCUT2D eigenvalue weighted by Crippen LogP contribution is -2.05. The van der Waals surface area contributed by atoms with Gasteiger partial charge in [0.1, 0.15) is 11.5 Å². The third kappa shape index (κ3) is 2.44. The normalized spacial score (nSPS) is 12.5. The van der Waals surface area contributed by atoms with E-state index >= 15 is 0 Å². The maximum absolute atomic E-state index is 12.7. The van der Waals surface area contributed by atoms with Crippen molar-refractivity contribution in [3.05, 3.63) is 53.1 Å². The molecule has 0 bridgehead atoms. The van der Waals surface area contributed by atoms with E-state index < -0.39 is 0 Å². The predicted octanol–water partition coefficient (Wildman–Crippen LogP) is 2.90. The van der Waals surface area contributed by atoms with Gasteiger partial charge in [0.2, 0.25) is 0 Å². The van der Waals surface area contributed by atoms with Crippen LogP contribution in [0.5, 0.6) is 11.5 Å². The summed E-state index contributed by atoms with van der Waals surface area (Å²) < 4.78 is 10.5. The number of hydrogen-bond donors (Lipinski definition) is 1. The molecule has 4 nitrogen and oxygen atoms in total. The van der Waals surface area contributed by atoms with Crippen LogP contribution in [0.3, 0.4) is 0 Å². The first-order valence-corrected chi connectivity index (χ1v) is 6.86. The third-order valence-corrected chi connectivity index (χ3v) is 3.74. The number of methoxy groups -OCH3 is 2. The van der Waals surface area contributed by atoms with Crippen molar-refractivity contribution >= 4 is 11.5 Å². The summed E-state index contributed by atoms with van der Waals surface area (Å²) in [6.07, 6.45) is 1.01. The molecule has 1 aliphatic rings. The van der Waals surface area contributed by atoms with E-state index in [1.54, 1.807) is 32.4 Å². The Labute approximate surface area is 123 Å². The molecule has 0 spiro atoms. The quantitative estimate of drug-likeness (QED) is 0.876. The van der Waals surface area contributed by atoms with Crippen LogP contribution >= 0.6 is 0 Å². The second-order valence-electron chi connectivity index (χ2n) is 4.94. The molecule has 0 atom stereocenters. The molecule has 0 fully saturated rings. The van der Waals surface area contributed by atoms with Crippen LogP contribution in [0.1, 0.15) is 21.5 Å². The summed E-state index contributed by atoms with van der Waals surface area (Å²) >= 11 is 0. The lowest BCUT2D eigenvalue weighted by molar-refractivity contribution is 0.103. The van der Waals surface area contributed by atoms with E-state index in [0.29, 0.717) is 22.6 Å². The SMILES string of the molecule is COc1ccc(C(=O)c2ccc3c(c2)NCC3)c(OC)c1. The zero-order valence-electron chi connectivity index (χ0n) is 12.1. The Bertz CT molecular complexity index is 694. The Morgan fingerprint density at radius 2 is 1.95 bits per heavy atom. The summed E-state index contributed by atoms with van der Waals surface area (Å²) in [7, 11) is 3.14. The summed E-state index contributed by atoms with van der Waals surface area (Å²) in [5.74, 6) is 1.14. The molecule has 0 unspecified atom stereocenters. The highest BCUT2D eigenvalue weighted by atomic mass is 16.5. The van der Waals surface area contributed by atoms with Gasteiger partial charge in [0, 0.05) is 23.9 Å². The van der Waals surface area contributed by atoms with Gasteiger partial charge in [0.25, 0.3) is 0 Å². The van der Waals surface area contributed by atoms with Crippen LogP contribution in [0, 0.1) is 0 Å². The molecule has 0 saturated heterocycles. The predicted molar refractivity (Wildman–Crippen MR) is 81.6 cm³/mol. The molecule has 2 aromatic carbocycles. The first-order valence-electron chi connectivity index (χ1n) is 6.86. The minimum Gasteiger partial charge on any atom is -0.497 e. The maximum atomic E-state index is 12.7. The van der Waals surface area contributed by atoms with Gasteiger partial charge in [-0.1, -0.05) is 12.1 Å². The Morgan fingerprint density at radius 3 is 2.71 bits per heavy atom. The molecule has 0 aromatic heterocycles. The van der Waals surface area contributed by atoms with Gasteiger partial charge in [-0.25, -0.2) is 0 Å². The molecule has 21 heavy (non-hydrogen) atoms. The number of fused-ring (bicyclic) bond motifs is 1. The number of benzene rings is 2. The zero-order valence-corrected chi connectivity index (χ0v) is 12.1. The average molecular weight is 283 g/mol. The van der Waals surface area contributed by atoms with Gasteiger partial charge in [-0.05, 0) is 30.2 Å². The number of hydrogen-bond acceptors (Lipinski definition) is 4. The minimum absolute atomic E-state index is 0.0500. The minimum atomic E-state index is -0.0500. The van der Waals surface area contributed by atoms with E-state index in [9.17, 15) is 4.79 Å². The number of carbonyl (C=O) groups is 1. The second kappa shape index (κ2) is 5.48. The van der Waals surface area contributed by atoms with E-state index in [2.05, 4.69) is 5.32 Å². The summed E-state index contributed by atoms with van der Waals surface area (Å²) in [5.41, 5.74) is 3.50. The Balaban J connectivity index is 1.98. The molecule has 0 radical (unpaired) electrons.